The monoisotopic (exact) mass is 470 g/mol. The van der Waals surface area contributed by atoms with E-state index in [1.807, 2.05) is 85.1 Å². The Balaban J connectivity index is 1.63. The zero-order valence-electron chi connectivity index (χ0n) is 18.7. The highest BCUT2D eigenvalue weighted by Crippen LogP contribution is 2.44. The van der Waals surface area contributed by atoms with Gasteiger partial charge in [0.05, 0.1) is 11.3 Å². The van der Waals surface area contributed by atoms with E-state index < -0.39 is 6.23 Å². The second-order valence-electron chi connectivity index (χ2n) is 7.64. The number of amides is 1. The molecule has 0 saturated carbocycles. The summed E-state index contributed by atoms with van der Waals surface area (Å²) in [5, 5.41) is 9.06. The van der Waals surface area contributed by atoms with Crippen molar-refractivity contribution in [1.82, 2.24) is 15.2 Å². The van der Waals surface area contributed by atoms with Crippen molar-refractivity contribution in [2.24, 2.45) is 0 Å². The highest BCUT2D eigenvalue weighted by Gasteiger charge is 2.36. The molecular weight excluding hydrogens is 448 g/mol. The van der Waals surface area contributed by atoms with Crippen LogP contribution in [0.15, 0.2) is 84.0 Å². The van der Waals surface area contributed by atoms with Gasteiger partial charge in [-0.25, -0.2) is 0 Å². The summed E-state index contributed by atoms with van der Waals surface area (Å²) < 4.78 is 12.6. The van der Waals surface area contributed by atoms with Crippen LogP contribution in [-0.4, -0.2) is 27.3 Å². The van der Waals surface area contributed by atoms with E-state index in [9.17, 15) is 4.79 Å². The van der Waals surface area contributed by atoms with Gasteiger partial charge in [-0.15, -0.1) is 10.2 Å². The van der Waals surface area contributed by atoms with E-state index in [1.165, 1.54) is 18.7 Å². The fraction of sp³-hybridized carbons (Fsp3) is 0.154. The van der Waals surface area contributed by atoms with E-state index in [4.69, 9.17) is 9.47 Å². The Bertz CT molecular complexity index is 1330. The van der Waals surface area contributed by atoms with Crippen LogP contribution in [0.3, 0.4) is 0 Å². The molecule has 8 heteroatoms. The first-order chi connectivity index (χ1) is 16.7. The van der Waals surface area contributed by atoms with E-state index in [1.54, 1.807) is 4.90 Å². The molecular formula is C26H22N4O3S. The summed E-state index contributed by atoms with van der Waals surface area (Å²) in [5.74, 6) is 0.759. The fourth-order valence-electron chi connectivity index (χ4n) is 3.89. The molecule has 0 saturated heterocycles. The van der Waals surface area contributed by atoms with Gasteiger partial charge in [-0.1, -0.05) is 72.4 Å². The Labute approximate surface area is 201 Å². The number of thioether (sulfide) groups is 1. The van der Waals surface area contributed by atoms with Gasteiger partial charge >= 0.3 is 0 Å². The van der Waals surface area contributed by atoms with E-state index in [0.29, 0.717) is 40.3 Å². The van der Waals surface area contributed by atoms with Gasteiger partial charge in [0, 0.05) is 12.5 Å². The molecule has 1 aliphatic heterocycles. The molecule has 1 atom stereocenters. The van der Waals surface area contributed by atoms with Crippen LogP contribution < -0.4 is 14.4 Å². The van der Waals surface area contributed by atoms with Crippen molar-refractivity contribution in [3.8, 4) is 22.9 Å². The molecule has 2 heterocycles. The van der Waals surface area contributed by atoms with Crippen molar-refractivity contribution in [2.45, 2.75) is 24.9 Å². The average Bonchev–Trinajstić information content (AvgIpc) is 3.02. The number of carbonyl (C=O) groups is 1. The summed E-state index contributed by atoms with van der Waals surface area (Å²) in [6.07, 6.45) is 1.07. The van der Waals surface area contributed by atoms with E-state index in [-0.39, 0.29) is 5.91 Å². The predicted molar refractivity (Wildman–Crippen MR) is 131 cm³/mol. The molecule has 34 heavy (non-hydrogen) atoms. The molecule has 0 aliphatic carbocycles. The van der Waals surface area contributed by atoms with Gasteiger partial charge in [0.2, 0.25) is 23.2 Å². The maximum Gasteiger partial charge on any atom is 0.247 e. The number of rotatable bonds is 5. The second kappa shape index (κ2) is 9.52. The normalized spacial score (nSPS) is 14.4. The Morgan fingerprint density at radius 2 is 1.74 bits per heavy atom. The lowest BCUT2D eigenvalue weighted by Gasteiger charge is -2.30. The summed E-state index contributed by atoms with van der Waals surface area (Å²) in [6.45, 7) is 1.90. The van der Waals surface area contributed by atoms with E-state index >= 15 is 0 Å². The van der Waals surface area contributed by atoms with Gasteiger partial charge in [-0.3, -0.25) is 9.69 Å². The number of hydrogen-bond donors (Lipinski definition) is 0. The third-order valence-corrected chi connectivity index (χ3v) is 5.99. The first kappa shape index (κ1) is 21.9. The second-order valence-corrected chi connectivity index (χ2v) is 8.41. The van der Waals surface area contributed by atoms with Gasteiger partial charge in [0.15, 0.2) is 5.69 Å². The number of anilines is 1. The third-order valence-electron chi connectivity index (χ3n) is 5.46. The highest BCUT2D eigenvalue weighted by molar-refractivity contribution is 7.98. The SMILES string of the molecule is CSc1nnc2c(n1)O[C@H](c1ccccc1OCc1ccccc1)N(C(C)=O)c1ccccc1-2. The van der Waals surface area contributed by atoms with Crippen LogP contribution in [0.4, 0.5) is 5.69 Å². The number of ether oxygens (including phenoxy) is 2. The van der Waals surface area contributed by atoms with Crippen molar-refractivity contribution in [1.29, 1.82) is 0 Å². The number of benzene rings is 3. The molecule has 0 unspecified atom stereocenters. The molecule has 5 rings (SSSR count). The summed E-state index contributed by atoms with van der Waals surface area (Å²) in [6, 6.07) is 25.0. The zero-order chi connectivity index (χ0) is 23.5. The maximum atomic E-state index is 13.0. The molecule has 0 fully saturated rings. The predicted octanol–water partition coefficient (Wildman–Crippen LogP) is 5.28. The van der Waals surface area contributed by atoms with Gasteiger partial charge in [0.25, 0.3) is 0 Å². The van der Waals surface area contributed by atoms with E-state index in [2.05, 4.69) is 15.2 Å². The summed E-state index contributed by atoms with van der Waals surface area (Å²) >= 11 is 1.37. The lowest BCUT2D eigenvalue weighted by Crippen LogP contribution is -2.36. The molecule has 7 nitrogen and oxygen atoms in total. The Hall–Kier alpha value is -3.91. The van der Waals surface area contributed by atoms with E-state index in [0.717, 1.165) is 11.1 Å². The summed E-state index contributed by atoms with van der Waals surface area (Å²) in [7, 11) is 0. The molecule has 1 amide bonds. The number of fused-ring (bicyclic) bond motifs is 3. The average molecular weight is 471 g/mol. The molecule has 170 valence electrons. The Kier molecular flexibility index (Phi) is 6.14. The van der Waals surface area contributed by atoms with Gasteiger partial charge in [0.1, 0.15) is 12.4 Å². The lowest BCUT2D eigenvalue weighted by molar-refractivity contribution is -0.118. The quantitative estimate of drug-likeness (QED) is 0.367. The van der Waals surface area contributed by atoms with Crippen LogP contribution >= 0.6 is 11.8 Å². The molecule has 1 aliphatic rings. The number of aromatic nitrogens is 3. The Morgan fingerprint density at radius 1 is 1.00 bits per heavy atom. The van der Waals surface area contributed by atoms with Crippen LogP contribution in [0.5, 0.6) is 11.6 Å². The highest BCUT2D eigenvalue weighted by atomic mass is 32.2. The van der Waals surface area contributed by atoms with Crippen molar-refractivity contribution >= 4 is 23.4 Å². The molecule has 3 aromatic carbocycles. The minimum absolute atomic E-state index is 0.179. The molecule has 0 radical (unpaired) electrons. The van der Waals surface area contributed by atoms with Crippen LogP contribution in [-0.2, 0) is 11.4 Å². The van der Waals surface area contributed by atoms with Gasteiger partial charge < -0.3 is 9.47 Å². The Morgan fingerprint density at radius 3 is 2.53 bits per heavy atom. The van der Waals surface area contributed by atoms with Crippen LogP contribution in [0, 0.1) is 0 Å². The topological polar surface area (TPSA) is 77.4 Å². The first-order valence-corrected chi connectivity index (χ1v) is 12.0. The largest absolute Gasteiger partial charge is 0.488 e. The molecule has 4 aromatic rings. The molecule has 1 aromatic heterocycles. The number of para-hydroxylation sites is 2. The smallest absolute Gasteiger partial charge is 0.247 e. The number of hydrogen-bond acceptors (Lipinski definition) is 7. The number of nitrogens with zero attached hydrogens (tertiary/aromatic N) is 4. The van der Waals surface area contributed by atoms with Gasteiger partial charge in [-0.2, -0.15) is 4.98 Å². The van der Waals surface area contributed by atoms with Crippen LogP contribution in [0.25, 0.3) is 11.3 Å². The third kappa shape index (κ3) is 4.20. The minimum Gasteiger partial charge on any atom is -0.488 e. The van der Waals surface area contributed by atoms with Crippen LogP contribution in [0.2, 0.25) is 0 Å². The standard InChI is InChI=1S/C26H22N4O3S/c1-17(31)30-21-14-8-6-12-19(21)23-24(27-26(34-2)29-28-23)33-25(30)20-13-7-9-15-22(20)32-16-18-10-4-3-5-11-18/h3-15,25H,16H2,1-2H3/t25-/m1/s1. The lowest BCUT2D eigenvalue weighted by atomic mass is 10.1. The number of carbonyl (C=O) groups excluding carboxylic acids is 1. The maximum absolute atomic E-state index is 13.0. The molecule has 0 bridgehead atoms. The zero-order valence-corrected chi connectivity index (χ0v) is 19.5. The van der Waals surface area contributed by atoms with Crippen LogP contribution in [0.1, 0.15) is 24.3 Å². The molecule has 0 N–H and O–H groups in total. The van der Waals surface area contributed by atoms with Crippen molar-refractivity contribution < 1.29 is 14.3 Å². The fourth-order valence-corrected chi connectivity index (χ4v) is 4.19. The van der Waals surface area contributed by atoms with Crippen molar-refractivity contribution in [3.05, 3.63) is 90.0 Å². The van der Waals surface area contributed by atoms with Crippen molar-refractivity contribution in [2.75, 3.05) is 11.2 Å². The molecule has 0 spiro atoms. The summed E-state index contributed by atoms with van der Waals surface area (Å²) in [4.78, 5) is 19.2. The minimum atomic E-state index is -0.807. The first-order valence-electron chi connectivity index (χ1n) is 10.8. The van der Waals surface area contributed by atoms with Crippen molar-refractivity contribution in [3.63, 3.8) is 0 Å². The summed E-state index contributed by atoms with van der Waals surface area (Å²) in [5.41, 5.74) is 3.64. The van der Waals surface area contributed by atoms with Gasteiger partial charge in [-0.05, 0) is 30.0 Å².